The molecule has 1 N–H and O–H groups in total. The lowest BCUT2D eigenvalue weighted by Crippen LogP contribution is -2.32. The summed E-state index contributed by atoms with van der Waals surface area (Å²) in [4.78, 5) is 12.7. The second kappa shape index (κ2) is 8.99. The summed E-state index contributed by atoms with van der Waals surface area (Å²) in [5.41, 5.74) is 1.10. The monoisotopic (exact) mass is 373 g/mol. The molecule has 1 unspecified atom stereocenters. The Morgan fingerprint density at radius 3 is 2.31 bits per heavy atom. The van der Waals surface area contributed by atoms with E-state index in [1.54, 1.807) is 54.6 Å². The molecule has 0 saturated heterocycles. The zero-order chi connectivity index (χ0) is 19.2. The van der Waals surface area contributed by atoms with Gasteiger partial charge in [0.25, 0.3) is 5.91 Å². The molecule has 0 saturated carbocycles. The number of hydrogen-bond acceptors (Lipinski definition) is 3. The summed E-state index contributed by atoms with van der Waals surface area (Å²) >= 11 is 0. The van der Waals surface area contributed by atoms with Crippen molar-refractivity contribution in [3.8, 4) is 0 Å². The smallest absolute Gasteiger partial charge is 0.251 e. The first-order valence-corrected chi connectivity index (χ1v) is 10.6. The van der Waals surface area contributed by atoms with Gasteiger partial charge in [0.2, 0.25) is 0 Å². The highest BCUT2D eigenvalue weighted by molar-refractivity contribution is 7.90. The van der Waals surface area contributed by atoms with E-state index < -0.39 is 9.84 Å². The van der Waals surface area contributed by atoms with Crippen LogP contribution in [0.5, 0.6) is 0 Å². The lowest BCUT2D eigenvalue weighted by molar-refractivity contribution is 0.0937. The molecule has 2 aromatic carbocycles. The Kier molecular flexibility index (Phi) is 6.98. The van der Waals surface area contributed by atoms with Gasteiger partial charge in [0.05, 0.1) is 10.6 Å². The SMILES string of the molecule is CC(C)CCC(C)NC(=O)c1cccc(CS(=O)(=O)c2ccccc2)c1. The molecule has 0 aliphatic heterocycles. The van der Waals surface area contributed by atoms with Crippen LogP contribution in [0.4, 0.5) is 0 Å². The van der Waals surface area contributed by atoms with Crippen LogP contribution in [0.15, 0.2) is 59.5 Å². The number of amides is 1. The zero-order valence-corrected chi connectivity index (χ0v) is 16.4. The Labute approximate surface area is 156 Å². The summed E-state index contributed by atoms with van der Waals surface area (Å²) in [5, 5.41) is 2.98. The van der Waals surface area contributed by atoms with Gasteiger partial charge in [0, 0.05) is 11.6 Å². The molecule has 0 heterocycles. The van der Waals surface area contributed by atoms with E-state index in [-0.39, 0.29) is 22.6 Å². The molecule has 2 rings (SSSR count). The molecule has 0 spiro atoms. The predicted molar refractivity (Wildman–Crippen MR) is 105 cm³/mol. The highest BCUT2D eigenvalue weighted by Gasteiger charge is 2.16. The Morgan fingerprint density at radius 1 is 0.962 bits per heavy atom. The van der Waals surface area contributed by atoms with Crippen LogP contribution in [0.2, 0.25) is 0 Å². The minimum absolute atomic E-state index is 0.0848. The molecular weight excluding hydrogens is 346 g/mol. The first kappa shape index (κ1) is 20.2. The molecule has 0 aromatic heterocycles. The van der Waals surface area contributed by atoms with Crippen LogP contribution in [0, 0.1) is 5.92 Å². The Hall–Kier alpha value is -2.14. The first-order chi connectivity index (χ1) is 12.3. The first-order valence-electron chi connectivity index (χ1n) is 8.95. The van der Waals surface area contributed by atoms with Gasteiger partial charge in [-0.15, -0.1) is 0 Å². The summed E-state index contributed by atoms with van der Waals surface area (Å²) in [5.74, 6) is 0.308. The summed E-state index contributed by atoms with van der Waals surface area (Å²) in [6, 6.07) is 15.3. The Bertz CT molecular complexity index is 829. The lowest BCUT2D eigenvalue weighted by atomic mass is 10.0. The van der Waals surface area contributed by atoms with Gasteiger partial charge in [-0.05, 0) is 55.5 Å². The van der Waals surface area contributed by atoms with Crippen molar-refractivity contribution < 1.29 is 13.2 Å². The van der Waals surface area contributed by atoms with Gasteiger partial charge in [0.15, 0.2) is 9.84 Å². The van der Waals surface area contributed by atoms with Crippen LogP contribution in [0.1, 0.15) is 49.5 Å². The molecule has 4 nitrogen and oxygen atoms in total. The number of benzene rings is 2. The van der Waals surface area contributed by atoms with Gasteiger partial charge in [-0.25, -0.2) is 8.42 Å². The number of hydrogen-bond donors (Lipinski definition) is 1. The lowest BCUT2D eigenvalue weighted by Gasteiger charge is -2.15. The maximum absolute atomic E-state index is 12.5. The van der Waals surface area contributed by atoms with E-state index >= 15 is 0 Å². The van der Waals surface area contributed by atoms with Crippen LogP contribution >= 0.6 is 0 Å². The fourth-order valence-electron chi connectivity index (χ4n) is 2.70. The molecule has 140 valence electrons. The molecule has 0 bridgehead atoms. The zero-order valence-electron chi connectivity index (χ0n) is 15.6. The number of nitrogens with one attached hydrogen (secondary N) is 1. The van der Waals surface area contributed by atoms with Crippen molar-refractivity contribution in [2.45, 2.75) is 50.3 Å². The van der Waals surface area contributed by atoms with Crippen LogP contribution in [-0.2, 0) is 15.6 Å². The highest BCUT2D eigenvalue weighted by Crippen LogP contribution is 2.17. The quantitative estimate of drug-likeness (QED) is 0.754. The molecule has 2 aromatic rings. The summed E-state index contributed by atoms with van der Waals surface area (Å²) in [6.07, 6.45) is 1.97. The van der Waals surface area contributed by atoms with Gasteiger partial charge in [-0.1, -0.05) is 44.2 Å². The summed E-state index contributed by atoms with van der Waals surface area (Å²) < 4.78 is 25.0. The molecule has 26 heavy (non-hydrogen) atoms. The maximum Gasteiger partial charge on any atom is 0.251 e. The number of sulfone groups is 1. The van der Waals surface area contributed by atoms with E-state index in [9.17, 15) is 13.2 Å². The van der Waals surface area contributed by atoms with Crippen molar-refractivity contribution in [3.63, 3.8) is 0 Å². The highest BCUT2D eigenvalue weighted by atomic mass is 32.2. The van der Waals surface area contributed by atoms with E-state index in [1.165, 1.54) is 0 Å². The van der Waals surface area contributed by atoms with Crippen molar-refractivity contribution in [1.82, 2.24) is 5.32 Å². The number of carbonyl (C=O) groups is 1. The van der Waals surface area contributed by atoms with Crippen molar-refractivity contribution in [3.05, 3.63) is 65.7 Å². The molecule has 1 amide bonds. The van der Waals surface area contributed by atoms with Gasteiger partial charge in [-0.3, -0.25) is 4.79 Å². The second-order valence-electron chi connectivity index (χ2n) is 7.12. The predicted octanol–water partition coefficient (Wildman–Crippen LogP) is 4.22. The third-order valence-corrected chi connectivity index (χ3v) is 5.91. The van der Waals surface area contributed by atoms with Gasteiger partial charge >= 0.3 is 0 Å². The molecular formula is C21H27NO3S. The Balaban J connectivity index is 2.07. The third-order valence-electron chi connectivity index (χ3n) is 4.20. The van der Waals surface area contributed by atoms with E-state index in [0.29, 0.717) is 17.0 Å². The van der Waals surface area contributed by atoms with Gasteiger partial charge < -0.3 is 5.32 Å². The van der Waals surface area contributed by atoms with E-state index in [1.807, 2.05) is 6.92 Å². The number of carbonyl (C=O) groups excluding carboxylic acids is 1. The minimum atomic E-state index is -3.43. The Morgan fingerprint density at radius 2 is 1.65 bits per heavy atom. The topological polar surface area (TPSA) is 63.2 Å². The van der Waals surface area contributed by atoms with Crippen molar-refractivity contribution in [2.24, 2.45) is 5.92 Å². The normalized spacial score (nSPS) is 12.8. The van der Waals surface area contributed by atoms with Crippen molar-refractivity contribution in [2.75, 3.05) is 0 Å². The van der Waals surface area contributed by atoms with Gasteiger partial charge in [0.1, 0.15) is 0 Å². The summed E-state index contributed by atoms with van der Waals surface area (Å²) in [6.45, 7) is 6.31. The molecule has 1 atom stereocenters. The average molecular weight is 374 g/mol. The van der Waals surface area contributed by atoms with E-state index in [4.69, 9.17) is 0 Å². The largest absolute Gasteiger partial charge is 0.350 e. The summed E-state index contributed by atoms with van der Waals surface area (Å²) in [7, 11) is -3.43. The number of rotatable bonds is 8. The minimum Gasteiger partial charge on any atom is -0.350 e. The van der Waals surface area contributed by atoms with E-state index in [2.05, 4.69) is 19.2 Å². The van der Waals surface area contributed by atoms with E-state index in [0.717, 1.165) is 12.8 Å². The van der Waals surface area contributed by atoms with Crippen LogP contribution in [-0.4, -0.2) is 20.4 Å². The molecule has 0 fully saturated rings. The van der Waals surface area contributed by atoms with Crippen molar-refractivity contribution in [1.29, 1.82) is 0 Å². The molecule has 5 heteroatoms. The fraction of sp³-hybridized carbons (Fsp3) is 0.381. The van der Waals surface area contributed by atoms with Crippen LogP contribution in [0.3, 0.4) is 0 Å². The van der Waals surface area contributed by atoms with Gasteiger partial charge in [-0.2, -0.15) is 0 Å². The maximum atomic E-state index is 12.5. The average Bonchev–Trinajstić information content (AvgIpc) is 2.60. The second-order valence-corrected chi connectivity index (χ2v) is 9.11. The third kappa shape index (κ3) is 5.99. The van der Waals surface area contributed by atoms with Crippen LogP contribution in [0.25, 0.3) is 0 Å². The van der Waals surface area contributed by atoms with Crippen LogP contribution < -0.4 is 5.32 Å². The molecule has 0 radical (unpaired) electrons. The molecule has 0 aliphatic carbocycles. The molecule has 0 aliphatic rings. The van der Waals surface area contributed by atoms with Crippen molar-refractivity contribution >= 4 is 15.7 Å². The fourth-order valence-corrected chi connectivity index (χ4v) is 4.05. The standard InChI is InChI=1S/C21H27NO3S/c1-16(2)12-13-17(3)22-21(23)19-9-7-8-18(14-19)15-26(24,25)20-10-5-4-6-11-20/h4-11,14,16-17H,12-13,15H2,1-3H3,(H,22,23).